The van der Waals surface area contributed by atoms with Crippen LogP contribution in [0.3, 0.4) is 0 Å². The number of carbonyl (C=O) groups is 1. The number of hydrogen-bond donors (Lipinski definition) is 2. The van der Waals surface area contributed by atoms with Gasteiger partial charge in [0, 0.05) is 9.58 Å². The largest absolute Gasteiger partial charge is 0.479 e. The van der Waals surface area contributed by atoms with Crippen LogP contribution < -0.4 is 0 Å². The lowest BCUT2D eigenvalue weighted by Crippen LogP contribution is -2.08. The predicted octanol–water partition coefficient (Wildman–Crippen LogP) is 3.04. The molecule has 0 amide bonds. The molecule has 0 bridgehead atoms. The highest BCUT2D eigenvalue weighted by Crippen LogP contribution is 2.35. The van der Waals surface area contributed by atoms with Crippen LogP contribution in [0.4, 0.5) is 13.2 Å². The van der Waals surface area contributed by atoms with Crippen molar-refractivity contribution >= 4 is 27.4 Å². The van der Waals surface area contributed by atoms with Crippen molar-refractivity contribution in [2.45, 2.75) is 12.3 Å². The Labute approximate surface area is 103 Å². The number of benzene rings is 1. The Balaban J connectivity index is 2.49. The van der Waals surface area contributed by atoms with Gasteiger partial charge in [-0.2, -0.15) is 13.2 Å². The quantitative estimate of drug-likeness (QED) is 0.886. The van der Waals surface area contributed by atoms with Crippen LogP contribution in [-0.2, 0) is 11.0 Å². The molecule has 0 spiro atoms. The third-order valence-electron chi connectivity index (χ3n) is 2.37. The van der Waals surface area contributed by atoms with E-state index in [0.29, 0.717) is 4.70 Å². The number of fused-ring (bicyclic) bond motifs is 1. The third kappa shape index (κ3) is 2.32. The number of alkyl halides is 3. The first kappa shape index (κ1) is 12.8. The van der Waals surface area contributed by atoms with Crippen molar-refractivity contribution < 1.29 is 28.2 Å². The Morgan fingerprint density at radius 2 is 1.94 bits per heavy atom. The van der Waals surface area contributed by atoms with E-state index in [1.807, 2.05) is 0 Å². The molecule has 0 aliphatic rings. The molecule has 1 heterocycles. The number of rotatable bonds is 2. The summed E-state index contributed by atoms with van der Waals surface area (Å²) in [6, 6.07) is 4.38. The summed E-state index contributed by atoms with van der Waals surface area (Å²) in [7, 11) is 0. The van der Waals surface area contributed by atoms with Crippen molar-refractivity contribution in [1.29, 1.82) is 0 Å². The van der Waals surface area contributed by atoms with E-state index in [9.17, 15) is 23.1 Å². The molecule has 0 aliphatic carbocycles. The molecule has 1 aromatic carbocycles. The van der Waals surface area contributed by atoms with Gasteiger partial charge in [-0.3, -0.25) is 0 Å². The summed E-state index contributed by atoms with van der Waals surface area (Å²) in [5.41, 5.74) is -0.802. The number of hydrogen-bond acceptors (Lipinski definition) is 3. The SMILES string of the molecule is O=C(O)C(O)c1cc2cc(C(F)(F)F)ccc2s1. The topological polar surface area (TPSA) is 57.5 Å². The van der Waals surface area contributed by atoms with Crippen LogP contribution in [-0.4, -0.2) is 16.2 Å². The number of aliphatic hydroxyl groups is 1. The molecular weight excluding hydrogens is 269 g/mol. The molecule has 0 saturated carbocycles. The van der Waals surface area contributed by atoms with E-state index in [1.54, 1.807) is 0 Å². The van der Waals surface area contributed by atoms with Crippen LogP contribution in [0.15, 0.2) is 24.3 Å². The van der Waals surface area contributed by atoms with Crippen molar-refractivity contribution in [3.8, 4) is 0 Å². The number of carboxylic acid groups (broad SMARTS) is 1. The van der Waals surface area contributed by atoms with Crippen LogP contribution in [0.2, 0.25) is 0 Å². The molecule has 96 valence electrons. The molecule has 2 rings (SSSR count). The molecule has 18 heavy (non-hydrogen) atoms. The van der Waals surface area contributed by atoms with Crippen molar-refractivity contribution in [2.24, 2.45) is 0 Å². The standard InChI is InChI=1S/C11H7F3O3S/c12-11(13,14)6-1-2-7-5(3-6)4-8(18-7)9(15)10(16)17/h1-4,9,15H,(H,16,17). The second kappa shape index (κ2) is 4.25. The summed E-state index contributed by atoms with van der Waals surface area (Å²) in [4.78, 5) is 10.7. The average molecular weight is 276 g/mol. The van der Waals surface area contributed by atoms with E-state index < -0.39 is 23.8 Å². The summed E-state index contributed by atoms with van der Waals surface area (Å²) in [5.74, 6) is -1.43. The minimum atomic E-state index is -4.44. The maximum absolute atomic E-state index is 12.5. The van der Waals surface area contributed by atoms with Gasteiger partial charge < -0.3 is 10.2 Å². The van der Waals surface area contributed by atoms with Gasteiger partial charge in [0.25, 0.3) is 0 Å². The van der Waals surface area contributed by atoms with Gasteiger partial charge in [-0.1, -0.05) is 0 Å². The number of carboxylic acids is 1. The van der Waals surface area contributed by atoms with Gasteiger partial charge in [0.15, 0.2) is 6.10 Å². The number of halogens is 3. The van der Waals surface area contributed by atoms with Crippen molar-refractivity contribution in [2.75, 3.05) is 0 Å². The molecule has 0 saturated heterocycles. The summed E-state index contributed by atoms with van der Waals surface area (Å²) >= 11 is 0.955. The minimum Gasteiger partial charge on any atom is -0.479 e. The lowest BCUT2D eigenvalue weighted by molar-refractivity contribution is -0.146. The molecule has 1 unspecified atom stereocenters. The third-order valence-corrected chi connectivity index (χ3v) is 3.53. The van der Waals surface area contributed by atoms with Gasteiger partial charge in [0.1, 0.15) is 0 Å². The second-order valence-electron chi connectivity index (χ2n) is 3.64. The Bertz CT molecular complexity index is 603. The van der Waals surface area contributed by atoms with Crippen LogP contribution in [0.25, 0.3) is 10.1 Å². The fourth-order valence-corrected chi connectivity index (χ4v) is 2.52. The van der Waals surface area contributed by atoms with Gasteiger partial charge >= 0.3 is 12.1 Å². The van der Waals surface area contributed by atoms with Gasteiger partial charge in [-0.25, -0.2) is 4.79 Å². The molecule has 2 aromatic rings. The minimum absolute atomic E-state index is 0.108. The number of aliphatic hydroxyl groups excluding tert-OH is 1. The Morgan fingerprint density at radius 1 is 1.28 bits per heavy atom. The summed E-state index contributed by atoms with van der Waals surface area (Å²) in [6.45, 7) is 0. The lowest BCUT2D eigenvalue weighted by atomic mass is 10.1. The van der Waals surface area contributed by atoms with Crippen molar-refractivity contribution in [1.82, 2.24) is 0 Å². The van der Waals surface area contributed by atoms with Crippen LogP contribution in [0.1, 0.15) is 16.5 Å². The van der Waals surface area contributed by atoms with E-state index in [4.69, 9.17) is 5.11 Å². The van der Waals surface area contributed by atoms with Gasteiger partial charge in [0.05, 0.1) is 5.56 Å². The Hall–Kier alpha value is -1.60. The van der Waals surface area contributed by atoms with Gasteiger partial charge in [-0.05, 0) is 29.7 Å². The van der Waals surface area contributed by atoms with Crippen molar-refractivity contribution in [3.63, 3.8) is 0 Å². The first-order valence-corrected chi connectivity index (χ1v) is 5.62. The fourth-order valence-electron chi connectivity index (χ4n) is 1.50. The van der Waals surface area contributed by atoms with Crippen LogP contribution in [0.5, 0.6) is 0 Å². The first-order valence-electron chi connectivity index (χ1n) is 4.80. The second-order valence-corrected chi connectivity index (χ2v) is 4.76. The normalized spacial score (nSPS) is 13.8. The van der Waals surface area contributed by atoms with Crippen LogP contribution >= 0.6 is 11.3 Å². The zero-order chi connectivity index (χ0) is 13.5. The lowest BCUT2D eigenvalue weighted by Gasteiger charge is -2.05. The smallest absolute Gasteiger partial charge is 0.416 e. The van der Waals surface area contributed by atoms with E-state index in [1.165, 1.54) is 12.1 Å². The molecule has 3 nitrogen and oxygen atoms in total. The van der Waals surface area contributed by atoms with E-state index >= 15 is 0 Å². The fraction of sp³-hybridized carbons (Fsp3) is 0.182. The Kier molecular flexibility index (Phi) is 3.04. The summed E-state index contributed by atoms with van der Waals surface area (Å²) < 4.78 is 37.9. The molecular formula is C11H7F3O3S. The zero-order valence-electron chi connectivity index (χ0n) is 8.73. The zero-order valence-corrected chi connectivity index (χ0v) is 9.55. The molecule has 1 aromatic heterocycles. The van der Waals surface area contributed by atoms with Gasteiger partial charge in [-0.15, -0.1) is 11.3 Å². The molecule has 0 radical (unpaired) electrons. The average Bonchev–Trinajstić information content (AvgIpc) is 2.68. The van der Waals surface area contributed by atoms with E-state index in [0.717, 1.165) is 23.5 Å². The number of aliphatic carboxylic acids is 1. The summed E-state index contributed by atoms with van der Waals surface area (Å²) in [6.07, 6.45) is -6.15. The van der Waals surface area contributed by atoms with Gasteiger partial charge in [0.2, 0.25) is 0 Å². The Morgan fingerprint density at radius 3 is 2.50 bits per heavy atom. The maximum Gasteiger partial charge on any atom is 0.416 e. The molecule has 7 heteroatoms. The highest BCUT2D eigenvalue weighted by atomic mass is 32.1. The first-order chi connectivity index (χ1) is 8.29. The monoisotopic (exact) mass is 276 g/mol. The predicted molar refractivity (Wildman–Crippen MR) is 59.4 cm³/mol. The van der Waals surface area contributed by atoms with E-state index in [2.05, 4.69) is 0 Å². The highest BCUT2D eigenvalue weighted by molar-refractivity contribution is 7.19. The highest BCUT2D eigenvalue weighted by Gasteiger charge is 2.30. The van der Waals surface area contributed by atoms with Crippen molar-refractivity contribution in [3.05, 3.63) is 34.7 Å². The van der Waals surface area contributed by atoms with Crippen LogP contribution in [0, 0.1) is 0 Å². The number of thiophene rings is 1. The molecule has 1 atom stereocenters. The molecule has 2 N–H and O–H groups in total. The molecule has 0 fully saturated rings. The van der Waals surface area contributed by atoms with E-state index in [-0.39, 0.29) is 10.3 Å². The summed E-state index contributed by atoms with van der Waals surface area (Å²) in [5, 5.41) is 18.2. The maximum atomic E-state index is 12.5. The molecule has 0 aliphatic heterocycles.